The third-order valence-electron chi connectivity index (χ3n) is 5.40. The van der Waals surface area contributed by atoms with E-state index in [9.17, 15) is 22.8 Å². The molecule has 2 aromatic rings. The maximum Gasteiger partial charge on any atom is 0.244 e. The number of hydrogen-bond donors (Lipinski definition) is 1. The quantitative estimate of drug-likeness (QED) is 0.485. The third-order valence-corrected chi connectivity index (χ3v) is 6.54. The van der Waals surface area contributed by atoms with Gasteiger partial charge < -0.3 is 15.0 Å². The Balaban J connectivity index is 2.44. The van der Waals surface area contributed by atoms with Gasteiger partial charge in [-0.15, -0.1) is 0 Å². The van der Waals surface area contributed by atoms with E-state index in [1.807, 2.05) is 20.8 Å². The summed E-state index contributed by atoms with van der Waals surface area (Å²) in [5, 5.41) is 2.87. The van der Waals surface area contributed by atoms with Crippen molar-refractivity contribution in [3.63, 3.8) is 0 Å². The Morgan fingerprint density at radius 2 is 1.67 bits per heavy atom. The highest BCUT2D eigenvalue weighted by atomic mass is 32.2. The van der Waals surface area contributed by atoms with Crippen molar-refractivity contribution in [3.8, 4) is 5.75 Å². The number of Topliss-reactive ketones (excluding diaryl/α,β-unsaturated/α-hetero) is 1. The number of hydrogen-bond acceptors (Lipinski definition) is 6. The molecule has 10 heteroatoms. The molecule has 0 heterocycles. The molecular weight excluding hydrogens is 482 g/mol. The number of methoxy groups -OCH3 is 1. The molecule has 0 aliphatic heterocycles. The Kier molecular flexibility index (Phi) is 9.26. The second-order valence-electron chi connectivity index (χ2n) is 9.66. The van der Waals surface area contributed by atoms with Gasteiger partial charge in [-0.25, -0.2) is 8.42 Å². The molecule has 196 valence electrons. The summed E-state index contributed by atoms with van der Waals surface area (Å²) in [5.41, 5.74) is 0.729. The fourth-order valence-electron chi connectivity index (χ4n) is 3.48. The number of ketones is 1. The van der Waals surface area contributed by atoms with Gasteiger partial charge in [-0.05, 0) is 64.4 Å². The topological polar surface area (TPSA) is 113 Å². The first-order valence-electron chi connectivity index (χ1n) is 11.5. The van der Waals surface area contributed by atoms with Gasteiger partial charge in [0.25, 0.3) is 0 Å². The van der Waals surface area contributed by atoms with Gasteiger partial charge in [-0.1, -0.05) is 24.3 Å². The molecule has 36 heavy (non-hydrogen) atoms. The van der Waals surface area contributed by atoms with Crippen LogP contribution in [-0.4, -0.2) is 62.4 Å². The molecule has 1 atom stereocenters. The maximum atomic E-state index is 13.6. The lowest BCUT2D eigenvalue weighted by Crippen LogP contribution is -2.54. The molecule has 9 nitrogen and oxygen atoms in total. The zero-order valence-corrected chi connectivity index (χ0v) is 22.7. The van der Waals surface area contributed by atoms with Crippen molar-refractivity contribution in [2.45, 2.75) is 52.7 Å². The lowest BCUT2D eigenvalue weighted by Gasteiger charge is -2.33. The second-order valence-corrected chi connectivity index (χ2v) is 11.6. The van der Waals surface area contributed by atoms with Crippen LogP contribution in [0.1, 0.15) is 50.5 Å². The number of carbonyl (C=O) groups excluding carboxylic acids is 3. The van der Waals surface area contributed by atoms with Crippen molar-refractivity contribution in [2.24, 2.45) is 0 Å². The minimum Gasteiger partial charge on any atom is -0.497 e. The van der Waals surface area contributed by atoms with E-state index in [4.69, 9.17) is 4.74 Å². The van der Waals surface area contributed by atoms with Crippen LogP contribution in [0.15, 0.2) is 48.5 Å². The highest BCUT2D eigenvalue weighted by Gasteiger charge is 2.31. The molecule has 0 saturated heterocycles. The summed E-state index contributed by atoms with van der Waals surface area (Å²) in [6.07, 6.45) is 0.990. The van der Waals surface area contributed by atoms with Crippen LogP contribution in [0.25, 0.3) is 0 Å². The van der Waals surface area contributed by atoms with E-state index in [-0.39, 0.29) is 23.9 Å². The molecule has 1 unspecified atom stereocenters. The molecule has 0 aliphatic rings. The Morgan fingerprint density at radius 3 is 2.17 bits per heavy atom. The predicted octanol–water partition coefficient (Wildman–Crippen LogP) is 3.00. The smallest absolute Gasteiger partial charge is 0.244 e. The van der Waals surface area contributed by atoms with Crippen molar-refractivity contribution in [3.05, 3.63) is 59.7 Å². The number of sulfonamides is 1. The van der Waals surface area contributed by atoms with Crippen molar-refractivity contribution in [1.29, 1.82) is 0 Å². The van der Waals surface area contributed by atoms with Gasteiger partial charge in [-0.2, -0.15) is 0 Å². The van der Waals surface area contributed by atoms with E-state index in [2.05, 4.69) is 5.32 Å². The number of ether oxygens (including phenoxy) is 1. The van der Waals surface area contributed by atoms with Gasteiger partial charge >= 0.3 is 0 Å². The first kappa shape index (κ1) is 28.8. The molecule has 2 rings (SSSR count). The number of amides is 2. The maximum absolute atomic E-state index is 13.6. The molecule has 0 bridgehead atoms. The van der Waals surface area contributed by atoms with Crippen LogP contribution >= 0.6 is 0 Å². The van der Waals surface area contributed by atoms with Gasteiger partial charge in [-0.3, -0.25) is 18.7 Å². The third kappa shape index (κ3) is 8.08. The molecular formula is C26H35N3O6S. The van der Waals surface area contributed by atoms with Crippen LogP contribution in [0.4, 0.5) is 5.69 Å². The standard InChI is InChI=1S/C26H35N3O6S/c1-18(25(32)27-26(3,4)5)28(16-20-11-13-23(35-6)14-12-20)24(31)17-29(36(7,33)34)22-10-8-9-21(15-22)19(2)30/h8-15,18H,16-17H2,1-7H3,(H,27,32). The summed E-state index contributed by atoms with van der Waals surface area (Å²) in [6.45, 7) is 8.02. The minimum absolute atomic E-state index is 0.0760. The van der Waals surface area contributed by atoms with Crippen LogP contribution in [0.3, 0.4) is 0 Å². The second kappa shape index (κ2) is 11.6. The lowest BCUT2D eigenvalue weighted by molar-refractivity contribution is -0.140. The molecule has 2 amide bonds. The number of carbonyl (C=O) groups is 3. The minimum atomic E-state index is -3.89. The summed E-state index contributed by atoms with van der Waals surface area (Å²) in [5.74, 6) is -0.524. The lowest BCUT2D eigenvalue weighted by atomic mass is 10.1. The molecule has 0 radical (unpaired) electrons. The Morgan fingerprint density at radius 1 is 1.06 bits per heavy atom. The van der Waals surface area contributed by atoms with E-state index in [1.165, 1.54) is 24.0 Å². The molecule has 0 spiro atoms. The normalized spacial score (nSPS) is 12.4. The fraction of sp³-hybridized carbons (Fsp3) is 0.423. The van der Waals surface area contributed by atoms with E-state index >= 15 is 0 Å². The van der Waals surface area contributed by atoms with Crippen LogP contribution in [0.2, 0.25) is 0 Å². The van der Waals surface area contributed by atoms with Crippen LogP contribution < -0.4 is 14.4 Å². The van der Waals surface area contributed by atoms with Gasteiger partial charge in [0.1, 0.15) is 18.3 Å². The SMILES string of the molecule is COc1ccc(CN(C(=O)CN(c2cccc(C(C)=O)c2)S(C)(=O)=O)C(C)C(=O)NC(C)(C)C)cc1. The highest BCUT2D eigenvalue weighted by Crippen LogP contribution is 2.21. The van der Waals surface area contributed by atoms with Gasteiger partial charge in [0.05, 0.1) is 19.1 Å². The number of rotatable bonds is 10. The average molecular weight is 518 g/mol. The van der Waals surface area contributed by atoms with E-state index in [0.717, 1.165) is 16.1 Å². The zero-order valence-electron chi connectivity index (χ0n) is 21.9. The van der Waals surface area contributed by atoms with Crippen molar-refractivity contribution in [1.82, 2.24) is 10.2 Å². The number of nitrogens with zero attached hydrogens (tertiary/aromatic N) is 2. The van der Waals surface area contributed by atoms with E-state index in [0.29, 0.717) is 11.3 Å². The van der Waals surface area contributed by atoms with Crippen molar-refractivity contribution >= 4 is 33.3 Å². The van der Waals surface area contributed by atoms with Crippen LogP contribution in [0.5, 0.6) is 5.75 Å². The van der Waals surface area contributed by atoms with Crippen molar-refractivity contribution < 1.29 is 27.5 Å². The molecule has 0 saturated carbocycles. The summed E-state index contributed by atoms with van der Waals surface area (Å²) in [6, 6.07) is 12.2. The predicted molar refractivity (Wildman–Crippen MR) is 140 cm³/mol. The molecule has 0 fully saturated rings. The highest BCUT2D eigenvalue weighted by molar-refractivity contribution is 7.92. The monoisotopic (exact) mass is 517 g/mol. The summed E-state index contributed by atoms with van der Waals surface area (Å²) in [7, 11) is -2.34. The van der Waals surface area contributed by atoms with Gasteiger partial charge in [0.15, 0.2) is 5.78 Å². The van der Waals surface area contributed by atoms with Gasteiger partial charge in [0.2, 0.25) is 21.8 Å². The number of benzene rings is 2. The summed E-state index contributed by atoms with van der Waals surface area (Å²) < 4.78 is 31.5. The van der Waals surface area contributed by atoms with E-state index < -0.39 is 34.1 Å². The molecule has 2 aromatic carbocycles. The largest absolute Gasteiger partial charge is 0.497 e. The molecule has 0 aliphatic carbocycles. The summed E-state index contributed by atoms with van der Waals surface area (Å²) >= 11 is 0. The van der Waals surface area contributed by atoms with Gasteiger partial charge in [0, 0.05) is 17.6 Å². The zero-order chi connectivity index (χ0) is 27.3. The molecule has 0 aromatic heterocycles. The van der Waals surface area contributed by atoms with E-state index in [1.54, 1.807) is 50.4 Å². The fourth-order valence-corrected chi connectivity index (χ4v) is 4.32. The Bertz CT molecular complexity index is 1200. The van der Waals surface area contributed by atoms with Crippen molar-refractivity contribution in [2.75, 3.05) is 24.2 Å². The van der Waals surface area contributed by atoms with Crippen LogP contribution in [0, 0.1) is 0 Å². The van der Waals surface area contributed by atoms with Crippen LogP contribution in [-0.2, 0) is 26.2 Å². The average Bonchev–Trinajstić information content (AvgIpc) is 2.79. The first-order chi connectivity index (χ1) is 16.6. The Labute approximate surface area is 213 Å². The first-order valence-corrected chi connectivity index (χ1v) is 13.3. The summed E-state index contributed by atoms with van der Waals surface area (Å²) in [4.78, 5) is 39.7. The number of anilines is 1. The molecule has 1 N–H and O–H groups in total. The number of nitrogens with one attached hydrogen (secondary N) is 1. The Hall–Kier alpha value is -3.40.